The van der Waals surface area contributed by atoms with Crippen LogP contribution in [0.1, 0.15) is 41.4 Å². The van der Waals surface area contributed by atoms with Gasteiger partial charge in [0.2, 0.25) is 0 Å². The number of carbonyl (C=O) groups excluding carboxylic acids is 2. The van der Waals surface area contributed by atoms with Gasteiger partial charge in [0, 0.05) is 11.9 Å². The van der Waals surface area contributed by atoms with E-state index in [-0.39, 0.29) is 17.6 Å². The normalized spacial score (nSPS) is 11.7. The summed E-state index contributed by atoms with van der Waals surface area (Å²) in [6.45, 7) is 0.933. The highest BCUT2D eigenvalue weighted by Crippen LogP contribution is 2.21. The molecule has 5 N–H and O–H groups in total. The van der Waals surface area contributed by atoms with Crippen molar-refractivity contribution in [2.75, 3.05) is 37.0 Å². The number of amides is 3. The van der Waals surface area contributed by atoms with E-state index in [1.165, 1.54) is 18.2 Å². The van der Waals surface area contributed by atoms with Crippen molar-refractivity contribution in [2.24, 2.45) is 0 Å². The van der Waals surface area contributed by atoms with Gasteiger partial charge in [-0.1, -0.05) is 24.3 Å². The molecule has 1 heterocycles. The first-order valence-electron chi connectivity index (χ1n) is 11.4. The van der Waals surface area contributed by atoms with Gasteiger partial charge in [-0.3, -0.25) is 9.78 Å². The molecule has 0 saturated carbocycles. The molecule has 3 rings (SSSR count). The van der Waals surface area contributed by atoms with Gasteiger partial charge >= 0.3 is 6.03 Å². The van der Waals surface area contributed by atoms with Crippen LogP contribution < -0.4 is 21.7 Å². The molecule has 1 aromatic heterocycles. The summed E-state index contributed by atoms with van der Waals surface area (Å²) in [4.78, 5) is 31.6. The Bertz CT molecular complexity index is 1140. The van der Waals surface area contributed by atoms with Crippen LogP contribution in [-0.2, 0) is 0 Å². The number of unbranched alkanes of at least 4 members (excludes halogenated alkanes) is 1. The molecule has 0 saturated heterocycles. The van der Waals surface area contributed by atoms with Crippen molar-refractivity contribution in [1.29, 1.82) is 0 Å². The number of aromatic nitrogens is 1. The van der Waals surface area contributed by atoms with Gasteiger partial charge in [0.25, 0.3) is 5.91 Å². The molecular formula is C26H31FN6O2. The molecule has 0 aliphatic carbocycles. The van der Waals surface area contributed by atoms with Gasteiger partial charge < -0.3 is 26.6 Å². The van der Waals surface area contributed by atoms with Crippen molar-refractivity contribution in [2.45, 2.75) is 25.3 Å². The summed E-state index contributed by atoms with van der Waals surface area (Å²) in [6, 6.07) is 15.3. The summed E-state index contributed by atoms with van der Waals surface area (Å²) in [6.07, 6.45) is 4.10. The minimum absolute atomic E-state index is 0.229. The first kappa shape index (κ1) is 25.6. The minimum Gasteiger partial charge on any atom is -0.397 e. The second kappa shape index (κ2) is 12.5. The number of anilines is 3. The van der Waals surface area contributed by atoms with Crippen LogP contribution in [-0.4, -0.2) is 42.5 Å². The van der Waals surface area contributed by atoms with Crippen LogP contribution in [0.5, 0.6) is 0 Å². The number of para-hydroxylation sites is 2. The second-order valence-electron chi connectivity index (χ2n) is 8.48. The van der Waals surface area contributed by atoms with Crippen LogP contribution >= 0.6 is 0 Å². The third kappa shape index (κ3) is 8.08. The van der Waals surface area contributed by atoms with Crippen LogP contribution in [0, 0.1) is 5.82 Å². The van der Waals surface area contributed by atoms with Gasteiger partial charge in [-0.05, 0) is 81.9 Å². The molecule has 9 heteroatoms. The van der Waals surface area contributed by atoms with E-state index < -0.39 is 11.8 Å². The van der Waals surface area contributed by atoms with E-state index in [1.54, 1.807) is 48.7 Å². The van der Waals surface area contributed by atoms with Crippen LogP contribution in [0.2, 0.25) is 0 Å². The van der Waals surface area contributed by atoms with E-state index in [4.69, 9.17) is 5.73 Å². The lowest BCUT2D eigenvalue weighted by molar-refractivity contribution is 0.102. The number of carbonyl (C=O) groups is 2. The lowest BCUT2D eigenvalue weighted by Crippen LogP contribution is -2.33. The predicted octanol–water partition coefficient (Wildman–Crippen LogP) is 4.65. The zero-order chi connectivity index (χ0) is 25.2. The Balaban J connectivity index is 1.69. The van der Waals surface area contributed by atoms with E-state index in [1.807, 2.05) is 14.1 Å². The number of pyridine rings is 1. The van der Waals surface area contributed by atoms with Crippen molar-refractivity contribution in [3.05, 3.63) is 83.9 Å². The summed E-state index contributed by atoms with van der Waals surface area (Å²) in [5, 5.41) is 8.35. The molecule has 35 heavy (non-hydrogen) atoms. The average Bonchev–Trinajstić information content (AvgIpc) is 2.82. The fourth-order valence-electron chi connectivity index (χ4n) is 3.53. The summed E-state index contributed by atoms with van der Waals surface area (Å²) >= 11 is 0. The number of rotatable bonds is 10. The molecule has 0 bridgehead atoms. The second-order valence-corrected chi connectivity index (χ2v) is 8.48. The Kier molecular flexibility index (Phi) is 9.14. The molecule has 184 valence electrons. The average molecular weight is 479 g/mol. The Hall–Kier alpha value is -3.98. The molecular weight excluding hydrogens is 447 g/mol. The first-order chi connectivity index (χ1) is 16.8. The molecule has 8 nitrogen and oxygen atoms in total. The van der Waals surface area contributed by atoms with Gasteiger partial charge in [0.05, 0.1) is 17.4 Å². The SMILES string of the molecule is CN(C)CCCCC(NC(=O)Nc1cccc(F)c1)c1ccc(C(=O)Nc2ccccc2N)nc1. The minimum atomic E-state index is -0.449. The number of hydrogen-bond donors (Lipinski definition) is 4. The van der Waals surface area contributed by atoms with E-state index in [0.717, 1.165) is 24.9 Å². The number of nitrogens with one attached hydrogen (secondary N) is 3. The lowest BCUT2D eigenvalue weighted by Gasteiger charge is -2.20. The molecule has 3 aromatic rings. The number of nitrogen functional groups attached to an aromatic ring is 1. The Morgan fingerprint density at radius 1 is 1.03 bits per heavy atom. The van der Waals surface area contributed by atoms with Gasteiger partial charge in [-0.2, -0.15) is 0 Å². The van der Waals surface area contributed by atoms with E-state index >= 15 is 0 Å². The predicted molar refractivity (Wildman–Crippen MR) is 137 cm³/mol. The van der Waals surface area contributed by atoms with Crippen LogP contribution in [0.4, 0.5) is 26.2 Å². The molecule has 0 aliphatic heterocycles. The van der Waals surface area contributed by atoms with E-state index in [0.29, 0.717) is 23.5 Å². The van der Waals surface area contributed by atoms with Gasteiger partial charge in [0.15, 0.2) is 0 Å². The maximum atomic E-state index is 13.5. The Labute approximate surface area is 204 Å². The number of hydrogen-bond acceptors (Lipinski definition) is 5. The third-order valence-electron chi connectivity index (χ3n) is 5.37. The van der Waals surface area contributed by atoms with Crippen molar-refractivity contribution in [3.63, 3.8) is 0 Å². The fraction of sp³-hybridized carbons (Fsp3) is 0.269. The standard InChI is InChI=1S/C26H31FN6O2/c1-33(2)15-6-5-11-22(32-26(35)30-20-9-7-8-19(27)16-20)18-13-14-24(29-17-18)25(34)31-23-12-4-3-10-21(23)28/h3-4,7-10,12-14,16-17,22H,5-6,11,15,28H2,1-2H3,(H,31,34)(H2,30,32,35). The highest BCUT2D eigenvalue weighted by Gasteiger charge is 2.17. The van der Waals surface area contributed by atoms with E-state index in [2.05, 4.69) is 25.8 Å². The third-order valence-corrected chi connectivity index (χ3v) is 5.37. The van der Waals surface area contributed by atoms with Crippen LogP contribution in [0.25, 0.3) is 0 Å². The Morgan fingerprint density at radius 2 is 1.83 bits per heavy atom. The fourth-order valence-corrected chi connectivity index (χ4v) is 3.53. The number of urea groups is 1. The van der Waals surface area contributed by atoms with Crippen molar-refractivity contribution < 1.29 is 14.0 Å². The highest BCUT2D eigenvalue weighted by atomic mass is 19.1. The van der Waals surface area contributed by atoms with Crippen molar-refractivity contribution in [3.8, 4) is 0 Å². The molecule has 0 spiro atoms. The molecule has 1 unspecified atom stereocenters. The molecule has 0 radical (unpaired) electrons. The summed E-state index contributed by atoms with van der Waals surface area (Å²) in [7, 11) is 4.03. The summed E-state index contributed by atoms with van der Waals surface area (Å²) in [5.74, 6) is -0.813. The quantitative estimate of drug-likeness (QED) is 0.250. The summed E-state index contributed by atoms with van der Waals surface area (Å²) < 4.78 is 13.5. The maximum absolute atomic E-state index is 13.5. The number of nitrogens with zero attached hydrogens (tertiary/aromatic N) is 2. The maximum Gasteiger partial charge on any atom is 0.319 e. The van der Waals surface area contributed by atoms with Gasteiger partial charge in [0.1, 0.15) is 11.5 Å². The molecule has 0 fully saturated rings. The van der Waals surface area contributed by atoms with Gasteiger partial charge in [-0.15, -0.1) is 0 Å². The Morgan fingerprint density at radius 3 is 2.51 bits per heavy atom. The highest BCUT2D eigenvalue weighted by molar-refractivity contribution is 6.04. The lowest BCUT2D eigenvalue weighted by atomic mass is 10.0. The zero-order valence-corrected chi connectivity index (χ0v) is 19.9. The van der Waals surface area contributed by atoms with E-state index in [9.17, 15) is 14.0 Å². The van der Waals surface area contributed by atoms with Gasteiger partial charge in [-0.25, -0.2) is 9.18 Å². The summed E-state index contributed by atoms with van der Waals surface area (Å²) in [5.41, 5.74) is 8.22. The van der Waals surface area contributed by atoms with Crippen LogP contribution in [0.3, 0.4) is 0 Å². The topological polar surface area (TPSA) is 112 Å². The molecule has 2 aromatic carbocycles. The van der Waals surface area contributed by atoms with Crippen molar-refractivity contribution >= 4 is 29.0 Å². The smallest absolute Gasteiger partial charge is 0.319 e. The number of benzene rings is 2. The monoisotopic (exact) mass is 478 g/mol. The molecule has 3 amide bonds. The number of nitrogens with two attached hydrogens (primary N) is 1. The molecule has 1 atom stereocenters. The number of halogens is 1. The molecule has 0 aliphatic rings. The largest absolute Gasteiger partial charge is 0.397 e. The van der Waals surface area contributed by atoms with Crippen molar-refractivity contribution in [1.82, 2.24) is 15.2 Å². The van der Waals surface area contributed by atoms with Crippen LogP contribution in [0.15, 0.2) is 66.9 Å². The zero-order valence-electron chi connectivity index (χ0n) is 19.9. The first-order valence-corrected chi connectivity index (χ1v) is 11.4.